The Kier molecular flexibility index (Phi) is 6.51. The number of rotatable bonds is 8. The molecule has 0 aliphatic heterocycles. The van der Waals surface area contributed by atoms with Gasteiger partial charge in [0.05, 0.1) is 6.42 Å². The largest absolute Gasteiger partial charge is 0.489 e. The Hall–Kier alpha value is -2.89. The van der Waals surface area contributed by atoms with Crippen molar-refractivity contribution in [3.05, 3.63) is 59.9 Å². The number of nitrogens with zero attached hydrogens (tertiary/aromatic N) is 1. The van der Waals surface area contributed by atoms with E-state index in [1.807, 2.05) is 24.3 Å². The fourth-order valence-electron chi connectivity index (χ4n) is 2.32. The molecule has 1 aromatic carbocycles. The van der Waals surface area contributed by atoms with Crippen molar-refractivity contribution in [2.45, 2.75) is 32.9 Å². The molecule has 0 fully saturated rings. The first-order valence-corrected chi connectivity index (χ1v) is 8.08. The van der Waals surface area contributed by atoms with Gasteiger partial charge in [-0.25, -0.2) is 4.79 Å². The number of aliphatic carboxylic acids is 1. The Morgan fingerprint density at radius 3 is 2.60 bits per heavy atom. The number of benzene rings is 1. The maximum Gasteiger partial charge on any atom is 0.326 e. The van der Waals surface area contributed by atoms with Crippen molar-refractivity contribution in [1.82, 2.24) is 10.3 Å². The van der Waals surface area contributed by atoms with Crippen molar-refractivity contribution in [2.75, 3.05) is 0 Å². The van der Waals surface area contributed by atoms with Crippen molar-refractivity contribution >= 4 is 11.9 Å². The van der Waals surface area contributed by atoms with Gasteiger partial charge in [0.25, 0.3) is 0 Å². The van der Waals surface area contributed by atoms with Crippen LogP contribution >= 0.6 is 0 Å². The van der Waals surface area contributed by atoms with Gasteiger partial charge in [0.2, 0.25) is 5.91 Å². The van der Waals surface area contributed by atoms with Crippen LogP contribution in [0.4, 0.5) is 0 Å². The van der Waals surface area contributed by atoms with Crippen molar-refractivity contribution in [3.8, 4) is 5.75 Å². The van der Waals surface area contributed by atoms with Gasteiger partial charge in [-0.2, -0.15) is 0 Å². The first kappa shape index (κ1) is 18.4. The highest BCUT2D eigenvalue weighted by molar-refractivity contribution is 5.85. The molecule has 1 atom stereocenters. The number of carboxylic acid groups (broad SMARTS) is 1. The van der Waals surface area contributed by atoms with E-state index in [1.165, 1.54) is 0 Å². The molecule has 0 spiro atoms. The predicted molar refractivity (Wildman–Crippen MR) is 93.1 cm³/mol. The molecule has 2 aromatic rings. The molecule has 0 aliphatic carbocycles. The summed E-state index contributed by atoms with van der Waals surface area (Å²) in [6, 6.07) is 10.1. The third-order valence-corrected chi connectivity index (χ3v) is 3.64. The molecule has 1 amide bonds. The Bertz CT molecular complexity index is 716. The lowest BCUT2D eigenvalue weighted by Gasteiger charge is -2.18. The highest BCUT2D eigenvalue weighted by Crippen LogP contribution is 2.15. The Morgan fingerprint density at radius 1 is 1.20 bits per heavy atom. The minimum absolute atomic E-state index is 0.0978. The SMILES string of the molecule is CC(C)[C@H](NC(=O)Cc1cccc(OCc2cccnc2)c1)C(=O)O. The number of hydrogen-bond donors (Lipinski definition) is 2. The number of amides is 1. The number of carboxylic acids is 1. The van der Waals surface area contributed by atoms with Crippen LogP contribution in [0.15, 0.2) is 48.8 Å². The molecular weight excluding hydrogens is 320 g/mol. The molecule has 2 N–H and O–H groups in total. The molecule has 0 aliphatic rings. The van der Waals surface area contributed by atoms with Crippen LogP contribution in [0, 0.1) is 5.92 Å². The lowest BCUT2D eigenvalue weighted by atomic mass is 10.0. The lowest BCUT2D eigenvalue weighted by Crippen LogP contribution is -2.44. The van der Waals surface area contributed by atoms with E-state index < -0.39 is 12.0 Å². The molecule has 0 radical (unpaired) electrons. The summed E-state index contributed by atoms with van der Waals surface area (Å²) < 4.78 is 5.71. The molecule has 6 nitrogen and oxygen atoms in total. The maximum absolute atomic E-state index is 12.1. The van der Waals surface area contributed by atoms with Gasteiger partial charge in [-0.3, -0.25) is 9.78 Å². The third kappa shape index (κ3) is 5.91. The summed E-state index contributed by atoms with van der Waals surface area (Å²) in [5, 5.41) is 11.7. The summed E-state index contributed by atoms with van der Waals surface area (Å²) in [5.74, 6) is -0.897. The Morgan fingerprint density at radius 2 is 1.96 bits per heavy atom. The van der Waals surface area contributed by atoms with Gasteiger partial charge < -0.3 is 15.2 Å². The molecule has 1 aromatic heterocycles. The minimum Gasteiger partial charge on any atom is -0.489 e. The molecule has 0 bridgehead atoms. The maximum atomic E-state index is 12.1. The molecule has 132 valence electrons. The number of nitrogens with one attached hydrogen (secondary N) is 1. The van der Waals surface area contributed by atoms with Gasteiger partial charge in [-0.1, -0.05) is 32.0 Å². The second-order valence-electron chi connectivity index (χ2n) is 6.10. The smallest absolute Gasteiger partial charge is 0.326 e. The number of carbonyl (C=O) groups excluding carboxylic acids is 1. The van der Waals surface area contributed by atoms with Crippen LogP contribution in [0.2, 0.25) is 0 Å². The number of ether oxygens (including phenoxy) is 1. The zero-order chi connectivity index (χ0) is 18.2. The Balaban J connectivity index is 1.94. The fraction of sp³-hybridized carbons (Fsp3) is 0.316. The number of hydrogen-bond acceptors (Lipinski definition) is 4. The van der Waals surface area contributed by atoms with E-state index in [0.29, 0.717) is 12.4 Å². The molecule has 2 rings (SSSR count). The summed E-state index contributed by atoms with van der Waals surface area (Å²) in [6.07, 6.45) is 3.53. The zero-order valence-electron chi connectivity index (χ0n) is 14.3. The summed E-state index contributed by atoms with van der Waals surface area (Å²) in [7, 11) is 0. The van der Waals surface area contributed by atoms with Gasteiger partial charge >= 0.3 is 5.97 Å². The van der Waals surface area contributed by atoms with E-state index in [0.717, 1.165) is 11.1 Å². The molecule has 6 heteroatoms. The van der Waals surface area contributed by atoms with Crippen molar-refractivity contribution < 1.29 is 19.4 Å². The average molecular weight is 342 g/mol. The third-order valence-electron chi connectivity index (χ3n) is 3.64. The molecule has 0 saturated carbocycles. The van der Waals surface area contributed by atoms with Crippen molar-refractivity contribution in [2.24, 2.45) is 5.92 Å². The van der Waals surface area contributed by atoms with Gasteiger partial charge in [-0.05, 0) is 29.7 Å². The number of pyridine rings is 1. The predicted octanol–water partition coefficient (Wildman–Crippen LogP) is 2.43. The van der Waals surface area contributed by atoms with Crippen molar-refractivity contribution in [3.63, 3.8) is 0 Å². The van der Waals surface area contributed by atoms with E-state index in [1.54, 1.807) is 38.4 Å². The van der Waals surface area contributed by atoms with E-state index in [4.69, 9.17) is 9.84 Å². The van der Waals surface area contributed by atoms with E-state index >= 15 is 0 Å². The van der Waals surface area contributed by atoms with Crippen LogP contribution in [0.5, 0.6) is 5.75 Å². The van der Waals surface area contributed by atoms with Crippen molar-refractivity contribution in [1.29, 1.82) is 0 Å². The summed E-state index contributed by atoms with van der Waals surface area (Å²) >= 11 is 0. The second-order valence-corrected chi connectivity index (χ2v) is 6.10. The lowest BCUT2D eigenvalue weighted by molar-refractivity contribution is -0.143. The molecule has 25 heavy (non-hydrogen) atoms. The highest BCUT2D eigenvalue weighted by atomic mass is 16.5. The molecular formula is C19H22N2O4. The van der Waals surface area contributed by atoms with Crippen LogP contribution in [-0.2, 0) is 22.6 Å². The number of aromatic nitrogens is 1. The molecule has 0 saturated heterocycles. The van der Waals surface area contributed by atoms with Crippen LogP contribution in [0.25, 0.3) is 0 Å². The summed E-state index contributed by atoms with van der Waals surface area (Å²) in [6.45, 7) is 3.90. The topological polar surface area (TPSA) is 88.5 Å². The van der Waals surface area contributed by atoms with Gasteiger partial charge in [0.15, 0.2) is 0 Å². The molecule has 0 unspecified atom stereocenters. The average Bonchev–Trinajstić information content (AvgIpc) is 2.58. The van der Waals surface area contributed by atoms with Gasteiger partial charge in [0.1, 0.15) is 18.4 Å². The van der Waals surface area contributed by atoms with E-state index in [9.17, 15) is 9.59 Å². The van der Waals surface area contributed by atoms with Gasteiger partial charge in [-0.15, -0.1) is 0 Å². The first-order chi connectivity index (χ1) is 12.0. The zero-order valence-corrected chi connectivity index (χ0v) is 14.3. The Labute approximate surface area is 146 Å². The highest BCUT2D eigenvalue weighted by Gasteiger charge is 2.23. The van der Waals surface area contributed by atoms with E-state index in [2.05, 4.69) is 10.3 Å². The normalized spacial score (nSPS) is 11.8. The quantitative estimate of drug-likeness (QED) is 0.769. The summed E-state index contributed by atoms with van der Waals surface area (Å²) in [5.41, 5.74) is 1.71. The van der Waals surface area contributed by atoms with Crippen LogP contribution in [0.3, 0.4) is 0 Å². The number of carbonyl (C=O) groups is 2. The van der Waals surface area contributed by atoms with Crippen LogP contribution < -0.4 is 10.1 Å². The fourth-order valence-corrected chi connectivity index (χ4v) is 2.32. The summed E-state index contributed by atoms with van der Waals surface area (Å²) in [4.78, 5) is 27.3. The first-order valence-electron chi connectivity index (χ1n) is 8.08. The van der Waals surface area contributed by atoms with Crippen LogP contribution in [0.1, 0.15) is 25.0 Å². The van der Waals surface area contributed by atoms with Crippen LogP contribution in [-0.4, -0.2) is 28.0 Å². The van der Waals surface area contributed by atoms with Gasteiger partial charge in [0, 0.05) is 18.0 Å². The monoisotopic (exact) mass is 342 g/mol. The minimum atomic E-state index is -1.03. The second kappa shape index (κ2) is 8.82. The standard InChI is InChI=1S/C19H22N2O4/c1-13(2)18(19(23)24)21-17(22)10-14-5-3-7-16(9-14)25-12-15-6-4-8-20-11-15/h3-9,11,13,18H,10,12H2,1-2H3,(H,21,22)(H,23,24)/t18-/m0/s1. The molecule has 1 heterocycles. The van der Waals surface area contributed by atoms with E-state index in [-0.39, 0.29) is 18.2 Å².